The highest BCUT2D eigenvalue weighted by Gasteiger charge is 2.18. The molecule has 3 nitrogen and oxygen atoms in total. The fourth-order valence-corrected chi connectivity index (χ4v) is 3.35. The molecule has 0 aliphatic rings. The molecule has 0 amide bonds. The molecule has 19 heavy (non-hydrogen) atoms. The normalized spacial score (nSPS) is 12.0. The first-order chi connectivity index (χ1) is 8.84. The van der Waals surface area contributed by atoms with Crippen molar-refractivity contribution in [3.63, 3.8) is 0 Å². The third kappa shape index (κ3) is 2.65. The molecule has 0 spiro atoms. The standard InChI is InChI=1S/C15H18O3S/c1-4-5-14-11(3)13-7-6-10(2)8-12(13)9-15(14)19(16,17)18/h6-9H,4-5H2,1-3H3,(H,16,17,18). The van der Waals surface area contributed by atoms with Crippen LogP contribution in [0.4, 0.5) is 0 Å². The molecule has 0 atom stereocenters. The van der Waals surface area contributed by atoms with Crippen molar-refractivity contribution < 1.29 is 13.0 Å². The summed E-state index contributed by atoms with van der Waals surface area (Å²) in [5.41, 5.74) is 2.73. The van der Waals surface area contributed by atoms with Crippen LogP contribution in [0.25, 0.3) is 10.8 Å². The third-order valence-electron chi connectivity index (χ3n) is 3.43. The summed E-state index contributed by atoms with van der Waals surface area (Å²) in [7, 11) is -4.18. The Morgan fingerprint density at radius 2 is 1.84 bits per heavy atom. The molecule has 0 aliphatic carbocycles. The maximum atomic E-state index is 11.6. The lowest BCUT2D eigenvalue weighted by Crippen LogP contribution is -2.05. The van der Waals surface area contributed by atoms with E-state index in [0.29, 0.717) is 6.42 Å². The molecule has 2 aromatic carbocycles. The zero-order valence-corrected chi connectivity index (χ0v) is 12.2. The summed E-state index contributed by atoms with van der Waals surface area (Å²) >= 11 is 0. The molecule has 0 aliphatic heterocycles. The van der Waals surface area contributed by atoms with Crippen LogP contribution in [0.1, 0.15) is 30.0 Å². The average Bonchev–Trinajstić information content (AvgIpc) is 2.31. The van der Waals surface area contributed by atoms with Crippen molar-refractivity contribution in [2.24, 2.45) is 0 Å². The van der Waals surface area contributed by atoms with Gasteiger partial charge in [0.15, 0.2) is 0 Å². The molecule has 2 aromatic rings. The van der Waals surface area contributed by atoms with E-state index >= 15 is 0 Å². The van der Waals surface area contributed by atoms with Crippen LogP contribution in [0.15, 0.2) is 29.2 Å². The fourth-order valence-electron chi connectivity index (χ4n) is 2.51. The molecule has 4 heteroatoms. The van der Waals surface area contributed by atoms with Crippen molar-refractivity contribution in [1.29, 1.82) is 0 Å². The number of fused-ring (bicyclic) bond motifs is 1. The fraction of sp³-hybridized carbons (Fsp3) is 0.333. The lowest BCUT2D eigenvalue weighted by molar-refractivity contribution is 0.482. The molecule has 0 saturated heterocycles. The molecular weight excluding hydrogens is 260 g/mol. The molecule has 102 valence electrons. The van der Waals surface area contributed by atoms with Crippen LogP contribution in [0.5, 0.6) is 0 Å². The lowest BCUT2D eigenvalue weighted by Gasteiger charge is -2.13. The highest BCUT2D eigenvalue weighted by molar-refractivity contribution is 7.85. The molecule has 0 heterocycles. The molecule has 0 aromatic heterocycles. The summed E-state index contributed by atoms with van der Waals surface area (Å²) in [5, 5.41) is 1.89. The highest BCUT2D eigenvalue weighted by atomic mass is 32.2. The monoisotopic (exact) mass is 278 g/mol. The van der Waals surface area contributed by atoms with Crippen molar-refractivity contribution in [3.8, 4) is 0 Å². The van der Waals surface area contributed by atoms with E-state index in [-0.39, 0.29) is 4.90 Å². The van der Waals surface area contributed by atoms with Crippen molar-refractivity contribution in [3.05, 3.63) is 41.0 Å². The first-order valence-electron chi connectivity index (χ1n) is 6.35. The van der Waals surface area contributed by atoms with E-state index in [1.165, 1.54) is 0 Å². The number of hydrogen-bond acceptors (Lipinski definition) is 2. The molecular formula is C15H18O3S. The van der Waals surface area contributed by atoms with Gasteiger partial charge in [0, 0.05) is 0 Å². The smallest absolute Gasteiger partial charge is 0.282 e. The number of aryl methyl sites for hydroxylation is 2. The van der Waals surface area contributed by atoms with Crippen molar-refractivity contribution in [2.75, 3.05) is 0 Å². The van der Waals surface area contributed by atoms with Crippen LogP contribution in [0.3, 0.4) is 0 Å². The Kier molecular flexibility index (Phi) is 3.65. The van der Waals surface area contributed by atoms with Crippen LogP contribution in [0, 0.1) is 13.8 Å². The minimum atomic E-state index is -4.18. The predicted octanol–water partition coefficient (Wildman–Crippen LogP) is 3.66. The topological polar surface area (TPSA) is 54.4 Å². The van der Waals surface area contributed by atoms with E-state index in [1.54, 1.807) is 6.07 Å². The highest BCUT2D eigenvalue weighted by Crippen LogP contribution is 2.30. The molecule has 0 saturated carbocycles. The summed E-state index contributed by atoms with van der Waals surface area (Å²) < 4.78 is 32.6. The summed E-state index contributed by atoms with van der Waals surface area (Å²) in [4.78, 5) is 0.0463. The van der Waals surface area contributed by atoms with Crippen molar-refractivity contribution in [1.82, 2.24) is 0 Å². The first-order valence-corrected chi connectivity index (χ1v) is 7.79. The maximum Gasteiger partial charge on any atom is 0.294 e. The van der Waals surface area contributed by atoms with Gasteiger partial charge in [-0.3, -0.25) is 4.55 Å². The van der Waals surface area contributed by atoms with E-state index in [9.17, 15) is 13.0 Å². The first kappa shape index (κ1) is 14.0. The molecule has 2 rings (SSSR count). The lowest BCUT2D eigenvalue weighted by atomic mass is 9.96. The Hall–Kier alpha value is -1.39. The van der Waals surface area contributed by atoms with Gasteiger partial charge in [0.1, 0.15) is 0 Å². The molecule has 0 fully saturated rings. The minimum absolute atomic E-state index is 0.0463. The van der Waals surface area contributed by atoms with Gasteiger partial charge in [-0.1, -0.05) is 37.1 Å². The van der Waals surface area contributed by atoms with Gasteiger partial charge in [-0.15, -0.1) is 0 Å². The maximum absolute atomic E-state index is 11.6. The number of rotatable bonds is 3. The van der Waals surface area contributed by atoms with E-state index in [0.717, 1.165) is 33.9 Å². The van der Waals surface area contributed by atoms with Gasteiger partial charge < -0.3 is 0 Å². The summed E-state index contributed by atoms with van der Waals surface area (Å²) in [6.45, 7) is 5.87. The zero-order chi connectivity index (χ0) is 14.2. The summed E-state index contributed by atoms with van der Waals surface area (Å²) in [6, 6.07) is 7.54. The van der Waals surface area contributed by atoms with Crippen LogP contribution in [0.2, 0.25) is 0 Å². The molecule has 0 bridgehead atoms. The van der Waals surface area contributed by atoms with Gasteiger partial charge in [-0.2, -0.15) is 8.42 Å². The quantitative estimate of drug-likeness (QED) is 0.872. The molecule has 0 unspecified atom stereocenters. The van der Waals surface area contributed by atoms with Gasteiger partial charge >= 0.3 is 0 Å². The Labute approximate surface area is 114 Å². The Morgan fingerprint density at radius 3 is 2.42 bits per heavy atom. The second-order valence-corrected chi connectivity index (χ2v) is 6.32. The minimum Gasteiger partial charge on any atom is -0.282 e. The molecule has 1 N–H and O–H groups in total. The Morgan fingerprint density at radius 1 is 1.16 bits per heavy atom. The van der Waals surface area contributed by atoms with Crippen molar-refractivity contribution >= 4 is 20.9 Å². The average molecular weight is 278 g/mol. The van der Waals surface area contributed by atoms with Crippen molar-refractivity contribution in [2.45, 2.75) is 38.5 Å². The van der Waals surface area contributed by atoms with Crippen LogP contribution in [-0.4, -0.2) is 13.0 Å². The number of benzene rings is 2. The largest absolute Gasteiger partial charge is 0.294 e. The van der Waals surface area contributed by atoms with E-state index in [2.05, 4.69) is 0 Å². The predicted molar refractivity (Wildman–Crippen MR) is 77.2 cm³/mol. The second-order valence-electron chi connectivity index (χ2n) is 4.93. The second kappa shape index (κ2) is 4.94. The summed E-state index contributed by atoms with van der Waals surface area (Å²) in [6.07, 6.45) is 1.48. The van der Waals surface area contributed by atoms with E-state index in [4.69, 9.17) is 0 Å². The van der Waals surface area contributed by atoms with E-state index < -0.39 is 10.1 Å². The number of hydrogen-bond donors (Lipinski definition) is 1. The van der Waals surface area contributed by atoms with Crippen LogP contribution in [-0.2, 0) is 16.5 Å². The van der Waals surface area contributed by atoms with Gasteiger partial charge in [-0.25, -0.2) is 0 Å². The Balaban J connectivity index is 2.89. The zero-order valence-electron chi connectivity index (χ0n) is 11.4. The van der Waals surface area contributed by atoms with Gasteiger partial charge in [0.25, 0.3) is 10.1 Å². The third-order valence-corrected chi connectivity index (χ3v) is 4.35. The van der Waals surface area contributed by atoms with Gasteiger partial charge in [0.05, 0.1) is 4.90 Å². The molecule has 0 radical (unpaired) electrons. The van der Waals surface area contributed by atoms with E-state index in [1.807, 2.05) is 39.0 Å². The van der Waals surface area contributed by atoms with Gasteiger partial charge in [-0.05, 0) is 48.2 Å². The van der Waals surface area contributed by atoms with Crippen LogP contribution >= 0.6 is 0 Å². The summed E-state index contributed by atoms with van der Waals surface area (Å²) in [5.74, 6) is 0. The van der Waals surface area contributed by atoms with Gasteiger partial charge in [0.2, 0.25) is 0 Å². The SMILES string of the molecule is CCCc1c(S(=O)(=O)O)cc2cc(C)ccc2c1C. The van der Waals surface area contributed by atoms with Crippen LogP contribution < -0.4 is 0 Å². The Bertz CT molecular complexity index is 731.